The number of hydrogen-bond acceptors (Lipinski definition) is 10. The Hall–Kier alpha value is -5.48. The number of nitrogens with one attached hydrogen (secondary N) is 4. The molecule has 4 aliphatic rings. The fourth-order valence-electron chi connectivity index (χ4n) is 7.29. The van der Waals surface area contributed by atoms with Gasteiger partial charge < -0.3 is 29.9 Å². The number of piperidine rings is 2. The lowest BCUT2D eigenvalue weighted by atomic mass is 9.99. The molecule has 286 valence electrons. The van der Waals surface area contributed by atoms with Gasteiger partial charge in [0.2, 0.25) is 35.4 Å². The first-order chi connectivity index (χ1) is 26.1. The van der Waals surface area contributed by atoms with Gasteiger partial charge in [-0.05, 0) is 60.1 Å². The van der Waals surface area contributed by atoms with Gasteiger partial charge in [-0.2, -0.15) is 0 Å². The van der Waals surface area contributed by atoms with Crippen LogP contribution in [0.2, 0.25) is 0 Å². The zero-order valence-corrected chi connectivity index (χ0v) is 29.9. The second-order valence-corrected chi connectivity index (χ2v) is 13.6. The van der Waals surface area contributed by atoms with E-state index in [2.05, 4.69) is 21.3 Å². The molecule has 0 aliphatic carbocycles. The molecule has 8 amide bonds. The number of benzene rings is 2. The number of amides is 8. The van der Waals surface area contributed by atoms with Crippen molar-refractivity contribution in [2.75, 3.05) is 39.5 Å². The number of aryl methyl sites for hydroxylation is 2. The van der Waals surface area contributed by atoms with Crippen molar-refractivity contribution in [2.24, 2.45) is 0 Å². The van der Waals surface area contributed by atoms with E-state index >= 15 is 0 Å². The van der Waals surface area contributed by atoms with Gasteiger partial charge in [0.05, 0.1) is 26.4 Å². The summed E-state index contributed by atoms with van der Waals surface area (Å²) in [7, 11) is 0. The summed E-state index contributed by atoms with van der Waals surface area (Å²) in [6, 6.07) is 9.35. The lowest BCUT2D eigenvalue weighted by Crippen LogP contribution is -2.52. The normalized spacial score (nSPS) is 19.4. The zero-order chi connectivity index (χ0) is 38.2. The van der Waals surface area contributed by atoms with Crippen LogP contribution in [0.4, 0.5) is 0 Å². The fraction of sp³-hybridized carbons (Fsp3) is 0.474. The highest BCUT2D eigenvalue weighted by atomic mass is 16.5. The summed E-state index contributed by atoms with van der Waals surface area (Å²) in [6.07, 6.45) is 2.23. The molecule has 0 radical (unpaired) electrons. The van der Waals surface area contributed by atoms with E-state index in [1.165, 1.54) is 9.80 Å². The van der Waals surface area contributed by atoms with Crippen molar-refractivity contribution in [2.45, 2.75) is 76.5 Å². The monoisotopic (exact) mass is 744 g/mol. The lowest BCUT2D eigenvalue weighted by molar-refractivity contribution is -0.138. The molecule has 16 nitrogen and oxygen atoms in total. The van der Waals surface area contributed by atoms with Gasteiger partial charge in [-0.3, -0.25) is 49.0 Å². The minimum atomic E-state index is -0.692. The van der Waals surface area contributed by atoms with Crippen LogP contribution in [-0.4, -0.2) is 109 Å². The number of hydrogen-bond donors (Lipinski definition) is 4. The van der Waals surface area contributed by atoms with Crippen molar-refractivity contribution in [1.82, 2.24) is 31.1 Å². The maximum atomic E-state index is 13.0. The van der Waals surface area contributed by atoms with Gasteiger partial charge in [0.1, 0.15) is 12.1 Å². The number of ether oxygens (including phenoxy) is 2. The second kappa shape index (κ2) is 17.6. The summed E-state index contributed by atoms with van der Waals surface area (Å²) in [5, 5.41) is 10.3. The maximum absolute atomic E-state index is 13.0. The van der Waals surface area contributed by atoms with Crippen molar-refractivity contribution in [3.63, 3.8) is 0 Å². The average Bonchev–Trinajstić information content (AvgIpc) is 3.67. The van der Waals surface area contributed by atoms with Gasteiger partial charge in [0, 0.05) is 63.0 Å². The topological polar surface area (TPSA) is 210 Å². The van der Waals surface area contributed by atoms with E-state index in [0.29, 0.717) is 63.5 Å². The molecule has 0 bridgehead atoms. The number of rotatable bonds is 17. The molecule has 0 aromatic heterocycles. The Balaban J connectivity index is 0.802. The molecule has 4 heterocycles. The number of carbonyl (C=O) groups excluding carboxylic acids is 8. The molecule has 2 fully saturated rings. The van der Waals surface area contributed by atoms with Crippen molar-refractivity contribution in [1.29, 1.82) is 0 Å². The third-order valence-corrected chi connectivity index (χ3v) is 10.1. The van der Waals surface area contributed by atoms with E-state index in [1.54, 1.807) is 24.3 Å². The predicted molar refractivity (Wildman–Crippen MR) is 189 cm³/mol. The van der Waals surface area contributed by atoms with E-state index in [-0.39, 0.29) is 87.1 Å². The Morgan fingerprint density at radius 1 is 0.630 bits per heavy atom. The van der Waals surface area contributed by atoms with Crippen LogP contribution in [-0.2, 0) is 64.2 Å². The predicted octanol–water partition coefficient (Wildman–Crippen LogP) is 0.0396. The van der Waals surface area contributed by atoms with Gasteiger partial charge in [0.25, 0.3) is 11.8 Å². The Morgan fingerprint density at radius 3 is 1.46 bits per heavy atom. The highest BCUT2D eigenvalue weighted by molar-refractivity contribution is 6.06. The molecule has 2 unspecified atom stereocenters. The molecule has 0 spiro atoms. The Kier molecular flexibility index (Phi) is 12.4. The standard InChI is InChI=1S/C38H44N6O10/c45-31(11-7-23-3-1-5-25-27(23)21-43(37(25)51)29-9-13-33(47)41-35(29)49)39-15-17-53-19-20-54-18-16-40-32(46)12-8-24-4-2-6-26-28(24)22-44(38(26)52)30-10-14-34(48)42-36(30)50/h1-6,29-30H,7-22H2,(H,39,45)(H,40,46)(H,41,47,49)(H,42,48,50). The van der Waals surface area contributed by atoms with Crippen LogP contribution >= 0.6 is 0 Å². The Bertz CT molecular complexity index is 1710. The van der Waals surface area contributed by atoms with Crippen LogP contribution in [0.3, 0.4) is 0 Å². The van der Waals surface area contributed by atoms with Gasteiger partial charge in [-0.15, -0.1) is 0 Å². The number of imide groups is 2. The van der Waals surface area contributed by atoms with E-state index in [4.69, 9.17) is 9.47 Å². The van der Waals surface area contributed by atoms with Crippen LogP contribution in [0, 0.1) is 0 Å². The largest absolute Gasteiger partial charge is 0.377 e. The van der Waals surface area contributed by atoms with Crippen molar-refractivity contribution in [3.8, 4) is 0 Å². The molecule has 16 heteroatoms. The maximum Gasteiger partial charge on any atom is 0.255 e. The van der Waals surface area contributed by atoms with Crippen molar-refractivity contribution < 1.29 is 47.8 Å². The number of nitrogens with zero attached hydrogens (tertiary/aromatic N) is 2. The van der Waals surface area contributed by atoms with Gasteiger partial charge in [-0.1, -0.05) is 24.3 Å². The minimum absolute atomic E-state index is 0.158. The Morgan fingerprint density at radius 2 is 1.06 bits per heavy atom. The SMILES string of the molecule is O=C(CCc1cccc2c1CN(C1CCC(=O)NC1=O)C2=O)NCCOCCOCCNC(=O)CCc1cccc2c1CN(C1CCC(=O)NC1=O)C2=O. The van der Waals surface area contributed by atoms with Crippen molar-refractivity contribution >= 4 is 47.3 Å². The summed E-state index contributed by atoms with van der Waals surface area (Å²) >= 11 is 0. The molecular formula is C38H44N6O10. The van der Waals surface area contributed by atoms with Crippen LogP contribution in [0.25, 0.3) is 0 Å². The van der Waals surface area contributed by atoms with Crippen LogP contribution in [0.1, 0.15) is 81.5 Å². The number of fused-ring (bicyclic) bond motifs is 2. The van der Waals surface area contributed by atoms with Gasteiger partial charge >= 0.3 is 0 Å². The third-order valence-electron chi connectivity index (χ3n) is 10.1. The smallest absolute Gasteiger partial charge is 0.255 e. The molecule has 4 aliphatic heterocycles. The summed E-state index contributed by atoms with van der Waals surface area (Å²) in [4.78, 5) is 102. The van der Waals surface area contributed by atoms with E-state index in [0.717, 1.165) is 22.3 Å². The molecule has 0 saturated carbocycles. The van der Waals surface area contributed by atoms with Crippen LogP contribution in [0.15, 0.2) is 36.4 Å². The van der Waals surface area contributed by atoms with Crippen LogP contribution in [0.5, 0.6) is 0 Å². The molecular weight excluding hydrogens is 700 g/mol. The molecule has 2 atom stereocenters. The first-order valence-corrected chi connectivity index (χ1v) is 18.3. The summed E-state index contributed by atoms with van der Waals surface area (Å²) in [5.41, 5.74) is 4.38. The lowest BCUT2D eigenvalue weighted by Gasteiger charge is -2.29. The molecule has 2 aromatic rings. The molecule has 2 saturated heterocycles. The summed E-state index contributed by atoms with van der Waals surface area (Å²) in [5.74, 6) is -2.41. The van der Waals surface area contributed by atoms with Crippen LogP contribution < -0.4 is 21.3 Å². The first-order valence-electron chi connectivity index (χ1n) is 18.3. The van der Waals surface area contributed by atoms with Crippen molar-refractivity contribution in [3.05, 3.63) is 69.8 Å². The highest BCUT2D eigenvalue weighted by Gasteiger charge is 2.41. The first kappa shape index (κ1) is 38.3. The molecule has 4 N–H and O–H groups in total. The summed E-state index contributed by atoms with van der Waals surface area (Å²) in [6.45, 7) is 2.36. The minimum Gasteiger partial charge on any atom is -0.377 e. The zero-order valence-electron chi connectivity index (χ0n) is 29.9. The third kappa shape index (κ3) is 8.99. The second-order valence-electron chi connectivity index (χ2n) is 13.6. The molecule has 6 rings (SSSR count). The molecule has 2 aromatic carbocycles. The highest BCUT2D eigenvalue weighted by Crippen LogP contribution is 2.32. The quantitative estimate of drug-likeness (QED) is 0.126. The van der Waals surface area contributed by atoms with E-state index in [9.17, 15) is 38.4 Å². The van der Waals surface area contributed by atoms with Gasteiger partial charge in [0.15, 0.2) is 0 Å². The molecule has 54 heavy (non-hydrogen) atoms. The average molecular weight is 745 g/mol. The van der Waals surface area contributed by atoms with E-state index < -0.39 is 23.9 Å². The Labute approximate surface area is 311 Å². The fourth-order valence-corrected chi connectivity index (χ4v) is 7.29. The summed E-state index contributed by atoms with van der Waals surface area (Å²) < 4.78 is 11.1. The van der Waals surface area contributed by atoms with Gasteiger partial charge in [-0.25, -0.2) is 0 Å². The number of carbonyl (C=O) groups is 8. The van der Waals surface area contributed by atoms with E-state index in [1.807, 2.05) is 12.1 Å².